The van der Waals surface area contributed by atoms with Crippen LogP contribution in [0.3, 0.4) is 0 Å². The van der Waals surface area contributed by atoms with E-state index >= 15 is 0 Å². The topological polar surface area (TPSA) is 72.2 Å². The minimum Gasteiger partial charge on any atom is -0.398 e. The molecule has 3 rings (SSSR count). The molecule has 0 aliphatic heterocycles. The number of nitrogen functional groups attached to an aromatic ring is 1. The van der Waals surface area contributed by atoms with Crippen LogP contribution in [0.1, 0.15) is 17.5 Å². The molecule has 0 spiro atoms. The van der Waals surface area contributed by atoms with Crippen molar-refractivity contribution < 1.29 is 8.42 Å². The third-order valence-electron chi connectivity index (χ3n) is 3.63. The Hall–Kier alpha value is -1.53. The lowest BCUT2D eigenvalue weighted by Crippen LogP contribution is -2.13. The Morgan fingerprint density at radius 3 is 2.57 bits per heavy atom. The fourth-order valence-corrected chi connectivity index (χ4v) is 4.13. The summed E-state index contributed by atoms with van der Waals surface area (Å²) in [5, 5.41) is 0. The van der Waals surface area contributed by atoms with Crippen molar-refractivity contribution in [3.63, 3.8) is 0 Å². The highest BCUT2D eigenvalue weighted by Gasteiger charge is 2.17. The van der Waals surface area contributed by atoms with Crippen LogP contribution in [0, 0.1) is 0 Å². The van der Waals surface area contributed by atoms with Crippen molar-refractivity contribution in [1.82, 2.24) is 0 Å². The average Bonchev–Trinajstić information content (AvgIpc) is 2.88. The van der Waals surface area contributed by atoms with Gasteiger partial charge in [-0.05, 0) is 76.7 Å². The van der Waals surface area contributed by atoms with Crippen molar-refractivity contribution >= 4 is 37.3 Å². The van der Waals surface area contributed by atoms with Crippen molar-refractivity contribution in [3.05, 3.63) is 52.0 Å². The highest BCUT2D eigenvalue weighted by atomic mass is 79.9. The van der Waals surface area contributed by atoms with Crippen LogP contribution >= 0.6 is 15.9 Å². The summed E-state index contributed by atoms with van der Waals surface area (Å²) in [5.41, 5.74) is 9.33. The van der Waals surface area contributed by atoms with Gasteiger partial charge in [0.05, 0.1) is 4.90 Å². The van der Waals surface area contributed by atoms with E-state index in [-0.39, 0.29) is 4.90 Å². The molecule has 0 fully saturated rings. The maximum absolute atomic E-state index is 12.4. The van der Waals surface area contributed by atoms with Gasteiger partial charge in [-0.1, -0.05) is 6.07 Å². The lowest BCUT2D eigenvalue weighted by molar-refractivity contribution is 0.601. The van der Waals surface area contributed by atoms with E-state index in [1.54, 1.807) is 6.07 Å². The van der Waals surface area contributed by atoms with Gasteiger partial charge in [-0.25, -0.2) is 8.42 Å². The summed E-state index contributed by atoms with van der Waals surface area (Å²) < 4.78 is 28.0. The molecule has 110 valence electrons. The van der Waals surface area contributed by atoms with Crippen LogP contribution in [0.25, 0.3) is 0 Å². The number of nitrogens with one attached hydrogen (secondary N) is 1. The number of aryl methyl sites for hydroxylation is 2. The van der Waals surface area contributed by atoms with Gasteiger partial charge >= 0.3 is 0 Å². The molecule has 0 atom stereocenters. The second-order valence-corrected chi connectivity index (χ2v) is 7.66. The van der Waals surface area contributed by atoms with Gasteiger partial charge in [0, 0.05) is 15.8 Å². The first kappa shape index (κ1) is 14.4. The molecule has 1 aliphatic carbocycles. The largest absolute Gasteiger partial charge is 0.398 e. The second-order valence-electron chi connectivity index (χ2n) is 5.13. The van der Waals surface area contributed by atoms with E-state index in [9.17, 15) is 8.42 Å². The van der Waals surface area contributed by atoms with Crippen LogP contribution in [0.15, 0.2) is 45.8 Å². The standard InChI is InChI=1S/C15H15BrN2O2S/c16-14-9-13(6-7-15(14)17)21(19,20)18-12-5-4-10-2-1-3-11(10)8-12/h4-9,18H,1-3,17H2. The summed E-state index contributed by atoms with van der Waals surface area (Å²) in [5.74, 6) is 0. The molecule has 0 unspecified atom stereocenters. The lowest BCUT2D eigenvalue weighted by Gasteiger charge is -2.10. The van der Waals surface area contributed by atoms with E-state index < -0.39 is 10.0 Å². The van der Waals surface area contributed by atoms with Crippen LogP contribution in [0.2, 0.25) is 0 Å². The number of sulfonamides is 1. The van der Waals surface area contributed by atoms with E-state index in [0.29, 0.717) is 15.8 Å². The highest BCUT2D eigenvalue weighted by Crippen LogP contribution is 2.27. The Morgan fingerprint density at radius 2 is 1.81 bits per heavy atom. The Kier molecular flexibility index (Phi) is 3.67. The zero-order valence-electron chi connectivity index (χ0n) is 11.3. The zero-order valence-corrected chi connectivity index (χ0v) is 13.7. The van der Waals surface area contributed by atoms with Gasteiger partial charge < -0.3 is 5.73 Å². The summed E-state index contributed by atoms with van der Waals surface area (Å²) >= 11 is 3.25. The number of fused-ring (bicyclic) bond motifs is 1. The Bertz CT molecular complexity index is 803. The summed E-state index contributed by atoms with van der Waals surface area (Å²) in [6, 6.07) is 10.3. The molecular weight excluding hydrogens is 352 g/mol. The molecule has 4 nitrogen and oxygen atoms in total. The minimum atomic E-state index is -3.61. The van der Waals surface area contributed by atoms with Crippen LogP contribution in [-0.2, 0) is 22.9 Å². The van der Waals surface area contributed by atoms with E-state index in [4.69, 9.17) is 5.73 Å². The first-order valence-electron chi connectivity index (χ1n) is 6.65. The number of benzene rings is 2. The molecule has 0 saturated heterocycles. The maximum Gasteiger partial charge on any atom is 0.261 e. The SMILES string of the molecule is Nc1ccc(S(=O)(=O)Nc2ccc3c(c2)CCC3)cc1Br. The second kappa shape index (κ2) is 5.35. The van der Waals surface area contributed by atoms with Gasteiger partial charge in [0.2, 0.25) is 0 Å². The summed E-state index contributed by atoms with van der Waals surface area (Å²) in [6.07, 6.45) is 3.22. The van der Waals surface area contributed by atoms with Gasteiger partial charge in [0.15, 0.2) is 0 Å². The predicted octanol–water partition coefficient (Wildman–Crippen LogP) is 3.32. The molecule has 0 amide bonds. The summed E-state index contributed by atoms with van der Waals surface area (Å²) in [6.45, 7) is 0. The molecule has 0 heterocycles. The lowest BCUT2D eigenvalue weighted by atomic mass is 10.1. The molecule has 0 aromatic heterocycles. The summed E-state index contributed by atoms with van der Waals surface area (Å²) in [4.78, 5) is 0.184. The average molecular weight is 367 g/mol. The highest BCUT2D eigenvalue weighted by molar-refractivity contribution is 9.10. The molecule has 2 aromatic carbocycles. The van der Waals surface area contributed by atoms with Crippen molar-refractivity contribution in [2.45, 2.75) is 24.2 Å². The molecule has 0 radical (unpaired) electrons. The minimum absolute atomic E-state index is 0.184. The number of rotatable bonds is 3. The summed E-state index contributed by atoms with van der Waals surface area (Å²) in [7, 11) is -3.61. The molecule has 0 bridgehead atoms. The zero-order chi connectivity index (χ0) is 15.0. The molecule has 3 N–H and O–H groups in total. The number of halogens is 1. The molecule has 0 saturated carbocycles. The molecular formula is C15H15BrN2O2S. The van der Waals surface area contributed by atoms with E-state index in [1.165, 1.54) is 23.3 Å². The third kappa shape index (κ3) is 2.91. The van der Waals surface area contributed by atoms with Crippen molar-refractivity contribution in [2.24, 2.45) is 0 Å². The van der Waals surface area contributed by atoms with Gasteiger partial charge in [-0.2, -0.15) is 0 Å². The molecule has 6 heteroatoms. The normalized spacial score (nSPS) is 14.0. The monoisotopic (exact) mass is 366 g/mol. The smallest absolute Gasteiger partial charge is 0.261 e. The van der Waals surface area contributed by atoms with E-state index in [2.05, 4.69) is 20.7 Å². The number of anilines is 2. The van der Waals surface area contributed by atoms with E-state index in [1.807, 2.05) is 18.2 Å². The fraction of sp³-hybridized carbons (Fsp3) is 0.200. The Morgan fingerprint density at radius 1 is 1.05 bits per heavy atom. The van der Waals surface area contributed by atoms with Crippen molar-refractivity contribution in [2.75, 3.05) is 10.5 Å². The molecule has 21 heavy (non-hydrogen) atoms. The van der Waals surface area contributed by atoms with Gasteiger partial charge in [-0.15, -0.1) is 0 Å². The maximum atomic E-state index is 12.4. The number of nitrogens with two attached hydrogens (primary N) is 1. The molecule has 1 aliphatic rings. The number of hydrogen-bond acceptors (Lipinski definition) is 3. The number of hydrogen-bond donors (Lipinski definition) is 2. The van der Waals surface area contributed by atoms with Crippen LogP contribution in [0.5, 0.6) is 0 Å². The van der Waals surface area contributed by atoms with Crippen LogP contribution in [-0.4, -0.2) is 8.42 Å². The van der Waals surface area contributed by atoms with Crippen molar-refractivity contribution in [1.29, 1.82) is 0 Å². The quantitative estimate of drug-likeness (QED) is 0.818. The van der Waals surface area contributed by atoms with Gasteiger partial charge in [0.25, 0.3) is 10.0 Å². The van der Waals surface area contributed by atoms with E-state index in [0.717, 1.165) is 19.3 Å². The van der Waals surface area contributed by atoms with Gasteiger partial charge in [-0.3, -0.25) is 4.72 Å². The fourth-order valence-electron chi connectivity index (χ4n) is 2.52. The van der Waals surface area contributed by atoms with Crippen molar-refractivity contribution in [3.8, 4) is 0 Å². The van der Waals surface area contributed by atoms with Crippen LogP contribution in [0.4, 0.5) is 11.4 Å². The van der Waals surface area contributed by atoms with Crippen LogP contribution < -0.4 is 10.5 Å². The third-order valence-corrected chi connectivity index (χ3v) is 5.70. The molecule has 2 aromatic rings. The predicted molar refractivity (Wildman–Crippen MR) is 87.8 cm³/mol. The first-order chi connectivity index (χ1) is 9.95. The first-order valence-corrected chi connectivity index (χ1v) is 8.93. The Balaban J connectivity index is 1.90. The Labute approximate surface area is 132 Å². The van der Waals surface area contributed by atoms with Gasteiger partial charge in [0.1, 0.15) is 0 Å².